The first-order valence-electron chi connectivity index (χ1n) is 5.50. The van der Waals surface area contributed by atoms with Crippen molar-refractivity contribution in [1.82, 2.24) is 0 Å². The van der Waals surface area contributed by atoms with Crippen LogP contribution in [0.2, 0.25) is 0 Å². The van der Waals surface area contributed by atoms with Crippen molar-refractivity contribution >= 4 is 37.5 Å². The van der Waals surface area contributed by atoms with E-state index in [9.17, 15) is 4.39 Å². The van der Waals surface area contributed by atoms with E-state index >= 15 is 0 Å². The van der Waals surface area contributed by atoms with Gasteiger partial charge in [-0.05, 0) is 42.3 Å². The second-order valence-corrected chi connectivity index (χ2v) is 5.82. The number of rotatable bonds is 3. The highest BCUT2D eigenvalue weighted by Gasteiger charge is 2.03. The van der Waals surface area contributed by atoms with Gasteiger partial charge in [-0.25, -0.2) is 4.39 Å². The molecule has 0 aliphatic carbocycles. The molecule has 2 aromatic rings. The first-order valence-corrected chi connectivity index (χ1v) is 7.09. The van der Waals surface area contributed by atoms with Crippen LogP contribution in [-0.2, 0) is 6.54 Å². The second-order valence-electron chi connectivity index (χ2n) is 4.05. The number of aryl methyl sites for hydroxylation is 1. The average molecular weight is 373 g/mol. The van der Waals surface area contributed by atoms with Crippen molar-refractivity contribution in [2.45, 2.75) is 13.5 Å². The zero-order valence-electron chi connectivity index (χ0n) is 9.81. The summed E-state index contributed by atoms with van der Waals surface area (Å²) in [5.74, 6) is -0.232. The van der Waals surface area contributed by atoms with Crippen LogP contribution < -0.4 is 5.32 Å². The average Bonchev–Trinajstić information content (AvgIpc) is 2.32. The van der Waals surface area contributed by atoms with Crippen LogP contribution in [-0.4, -0.2) is 0 Å². The second kappa shape index (κ2) is 5.85. The summed E-state index contributed by atoms with van der Waals surface area (Å²) >= 11 is 6.81. The summed E-state index contributed by atoms with van der Waals surface area (Å²) in [6, 6.07) is 10.8. The van der Waals surface area contributed by atoms with Crippen LogP contribution in [0, 0.1) is 12.7 Å². The molecule has 0 radical (unpaired) electrons. The molecule has 4 heteroatoms. The molecule has 0 atom stereocenters. The number of hydrogen-bond donors (Lipinski definition) is 1. The van der Waals surface area contributed by atoms with Gasteiger partial charge in [0.1, 0.15) is 5.82 Å². The Morgan fingerprint density at radius 1 is 1.11 bits per heavy atom. The van der Waals surface area contributed by atoms with Gasteiger partial charge in [0.15, 0.2) is 0 Å². The highest BCUT2D eigenvalue weighted by Crippen LogP contribution is 2.23. The minimum atomic E-state index is -0.232. The van der Waals surface area contributed by atoms with E-state index in [1.54, 1.807) is 6.07 Å². The van der Waals surface area contributed by atoms with Crippen LogP contribution >= 0.6 is 31.9 Å². The van der Waals surface area contributed by atoms with Gasteiger partial charge in [-0.2, -0.15) is 0 Å². The quantitative estimate of drug-likeness (QED) is 0.773. The fourth-order valence-electron chi connectivity index (χ4n) is 1.64. The third-order valence-corrected chi connectivity index (χ3v) is 3.92. The van der Waals surface area contributed by atoms with Crippen molar-refractivity contribution in [3.63, 3.8) is 0 Å². The van der Waals surface area contributed by atoms with Crippen molar-refractivity contribution in [2.75, 3.05) is 5.32 Å². The van der Waals surface area contributed by atoms with Crippen LogP contribution in [0.3, 0.4) is 0 Å². The van der Waals surface area contributed by atoms with Gasteiger partial charge in [-0.3, -0.25) is 0 Å². The summed E-state index contributed by atoms with van der Waals surface area (Å²) in [4.78, 5) is 0. The molecular formula is C14H12Br2FN. The van der Waals surface area contributed by atoms with Gasteiger partial charge in [0.2, 0.25) is 0 Å². The molecule has 0 spiro atoms. The van der Waals surface area contributed by atoms with E-state index in [1.165, 1.54) is 17.7 Å². The lowest BCUT2D eigenvalue weighted by Crippen LogP contribution is -2.02. The fourth-order valence-corrected chi connectivity index (χ4v) is 2.49. The predicted molar refractivity (Wildman–Crippen MR) is 80.3 cm³/mol. The van der Waals surface area contributed by atoms with Crippen LogP contribution in [0.15, 0.2) is 45.3 Å². The lowest BCUT2D eigenvalue weighted by Gasteiger charge is -2.11. The maximum Gasteiger partial charge on any atom is 0.124 e. The first-order chi connectivity index (χ1) is 8.56. The van der Waals surface area contributed by atoms with E-state index in [0.717, 1.165) is 20.2 Å². The molecule has 94 valence electrons. The van der Waals surface area contributed by atoms with Crippen LogP contribution in [0.1, 0.15) is 11.1 Å². The van der Waals surface area contributed by atoms with Crippen molar-refractivity contribution in [2.24, 2.45) is 0 Å². The summed E-state index contributed by atoms with van der Waals surface area (Å²) in [6.07, 6.45) is 0. The monoisotopic (exact) mass is 371 g/mol. The SMILES string of the molecule is Cc1ccc(Br)cc1NCc1ccc(F)cc1Br. The molecular weight excluding hydrogens is 361 g/mol. The minimum Gasteiger partial charge on any atom is -0.381 e. The molecule has 0 heterocycles. The zero-order valence-corrected chi connectivity index (χ0v) is 13.0. The normalized spacial score (nSPS) is 10.4. The van der Waals surface area contributed by atoms with Crippen LogP contribution in [0.25, 0.3) is 0 Å². The lowest BCUT2D eigenvalue weighted by atomic mass is 10.2. The van der Waals surface area contributed by atoms with Crippen molar-refractivity contribution < 1.29 is 4.39 Å². The van der Waals surface area contributed by atoms with Gasteiger partial charge in [0.05, 0.1) is 0 Å². The van der Waals surface area contributed by atoms with Gasteiger partial charge in [0, 0.05) is 21.2 Å². The number of anilines is 1. The molecule has 0 aliphatic rings. The molecule has 0 aliphatic heterocycles. The maximum atomic E-state index is 13.0. The highest BCUT2D eigenvalue weighted by molar-refractivity contribution is 9.10. The van der Waals surface area contributed by atoms with Crippen LogP contribution in [0.5, 0.6) is 0 Å². The largest absolute Gasteiger partial charge is 0.381 e. The molecule has 2 rings (SSSR count). The predicted octanol–water partition coefficient (Wildman–Crippen LogP) is 5.27. The van der Waals surface area contributed by atoms with Crippen molar-refractivity contribution in [3.8, 4) is 0 Å². The molecule has 0 saturated heterocycles. The Morgan fingerprint density at radius 3 is 2.61 bits per heavy atom. The van der Waals surface area contributed by atoms with Gasteiger partial charge in [-0.1, -0.05) is 44.0 Å². The van der Waals surface area contributed by atoms with E-state index in [4.69, 9.17) is 0 Å². The van der Waals surface area contributed by atoms with E-state index in [-0.39, 0.29) is 5.82 Å². The first kappa shape index (κ1) is 13.6. The Bertz CT molecular complexity index is 570. The van der Waals surface area contributed by atoms with Gasteiger partial charge in [-0.15, -0.1) is 0 Å². The fraction of sp³-hybridized carbons (Fsp3) is 0.143. The Labute approximate surface area is 123 Å². The Kier molecular flexibility index (Phi) is 4.40. The van der Waals surface area contributed by atoms with Crippen molar-refractivity contribution in [3.05, 3.63) is 62.3 Å². The topological polar surface area (TPSA) is 12.0 Å². The third-order valence-electron chi connectivity index (χ3n) is 2.68. The zero-order chi connectivity index (χ0) is 13.1. The molecule has 0 fully saturated rings. The van der Waals surface area contributed by atoms with E-state index in [2.05, 4.69) is 44.1 Å². The number of benzene rings is 2. The summed E-state index contributed by atoms with van der Waals surface area (Å²) < 4.78 is 14.8. The molecule has 0 unspecified atom stereocenters. The van der Waals surface area contributed by atoms with Crippen LogP contribution in [0.4, 0.5) is 10.1 Å². The summed E-state index contributed by atoms with van der Waals surface area (Å²) in [5, 5.41) is 3.35. The number of nitrogens with one attached hydrogen (secondary N) is 1. The van der Waals surface area contributed by atoms with E-state index < -0.39 is 0 Å². The minimum absolute atomic E-state index is 0.232. The Morgan fingerprint density at radius 2 is 1.89 bits per heavy atom. The van der Waals surface area contributed by atoms with Gasteiger partial charge in [0.25, 0.3) is 0 Å². The smallest absolute Gasteiger partial charge is 0.124 e. The molecule has 0 bridgehead atoms. The molecule has 2 aromatic carbocycles. The Balaban J connectivity index is 2.13. The van der Waals surface area contributed by atoms with E-state index in [1.807, 2.05) is 18.2 Å². The van der Waals surface area contributed by atoms with Gasteiger partial charge >= 0.3 is 0 Å². The van der Waals surface area contributed by atoms with E-state index in [0.29, 0.717) is 6.54 Å². The molecule has 0 aromatic heterocycles. The lowest BCUT2D eigenvalue weighted by molar-refractivity contribution is 0.626. The van der Waals surface area contributed by atoms with Crippen molar-refractivity contribution in [1.29, 1.82) is 0 Å². The maximum absolute atomic E-state index is 13.0. The number of halogens is 3. The molecule has 18 heavy (non-hydrogen) atoms. The van der Waals surface area contributed by atoms with Gasteiger partial charge < -0.3 is 5.32 Å². The Hall–Kier alpha value is -0.870. The number of hydrogen-bond acceptors (Lipinski definition) is 1. The highest BCUT2D eigenvalue weighted by atomic mass is 79.9. The molecule has 0 amide bonds. The summed E-state index contributed by atoms with van der Waals surface area (Å²) in [7, 11) is 0. The molecule has 0 saturated carbocycles. The summed E-state index contributed by atoms with van der Waals surface area (Å²) in [6.45, 7) is 2.70. The molecule has 1 nitrogen and oxygen atoms in total. The third kappa shape index (κ3) is 3.33. The summed E-state index contributed by atoms with van der Waals surface area (Å²) in [5.41, 5.74) is 3.27. The standard InChI is InChI=1S/C14H12Br2FN/c1-9-2-4-11(15)6-14(9)18-8-10-3-5-12(17)7-13(10)16/h2-7,18H,8H2,1H3. The molecule has 1 N–H and O–H groups in total.